The molecule has 0 atom stereocenters. The van der Waals surface area contributed by atoms with Gasteiger partial charge in [0.2, 0.25) is 0 Å². The van der Waals surface area contributed by atoms with Crippen LogP contribution >= 0.6 is 23.2 Å². The molecule has 0 saturated carbocycles. The smallest absolute Gasteiger partial charge is 0.308 e. The first kappa shape index (κ1) is 16.5. The molecule has 6 heteroatoms. The van der Waals surface area contributed by atoms with E-state index in [1.54, 1.807) is 0 Å². The molecule has 0 saturated heterocycles. The quantitative estimate of drug-likeness (QED) is 0.379. The van der Waals surface area contributed by atoms with Gasteiger partial charge in [-0.25, -0.2) is 0 Å². The highest BCUT2D eigenvalue weighted by molar-refractivity contribution is 6.43. The maximum absolute atomic E-state index is 11.0. The number of carboxylic acids is 1. The third-order valence-electron chi connectivity index (χ3n) is 2.24. The van der Waals surface area contributed by atoms with Gasteiger partial charge in [-0.15, -0.1) is 0 Å². The van der Waals surface area contributed by atoms with Crippen LogP contribution in [0.1, 0.15) is 51.4 Å². The average Bonchev–Trinajstić information content (AvgIpc) is 2.20. The lowest BCUT2D eigenvalue weighted by Crippen LogP contribution is -2.07. The van der Waals surface area contributed by atoms with Gasteiger partial charge in [-0.2, -0.15) is 0 Å². The molecular weight excluding hydrogens is 267 g/mol. The van der Waals surface area contributed by atoms with Gasteiger partial charge in [0.1, 0.15) is 0 Å². The van der Waals surface area contributed by atoms with Crippen LogP contribution in [0, 0.1) is 0 Å². The van der Waals surface area contributed by atoms with E-state index < -0.39 is 11.0 Å². The van der Waals surface area contributed by atoms with Crippen molar-refractivity contribution in [1.29, 1.82) is 0 Å². The summed E-state index contributed by atoms with van der Waals surface area (Å²) in [6.07, 6.45) is 5.87. The number of carbonyl (C=O) groups is 2. The molecule has 0 aliphatic carbocycles. The second-order valence-electron chi connectivity index (χ2n) is 3.77. The molecule has 0 aliphatic rings. The molecule has 0 fully saturated rings. The van der Waals surface area contributed by atoms with Crippen molar-refractivity contribution in [1.82, 2.24) is 0 Å². The second kappa shape index (κ2) is 10.7. The molecular formula is C11H18Cl2O4. The van der Waals surface area contributed by atoms with Crippen LogP contribution in [-0.4, -0.2) is 22.1 Å². The Bertz CT molecular complexity index is 232. The van der Waals surface area contributed by atoms with E-state index in [1.165, 1.54) is 0 Å². The van der Waals surface area contributed by atoms with Gasteiger partial charge >= 0.3 is 11.9 Å². The third kappa shape index (κ3) is 13.5. The van der Waals surface area contributed by atoms with Gasteiger partial charge in [0, 0.05) is 12.8 Å². The molecule has 0 bridgehead atoms. The number of alkyl halides is 2. The van der Waals surface area contributed by atoms with E-state index in [0.29, 0.717) is 6.42 Å². The SMILES string of the molecule is O=C(O)CCCCCCCCC(=O)OC(Cl)Cl. The van der Waals surface area contributed by atoms with Crippen LogP contribution in [0.25, 0.3) is 0 Å². The van der Waals surface area contributed by atoms with E-state index in [4.69, 9.17) is 28.3 Å². The van der Waals surface area contributed by atoms with Crippen molar-refractivity contribution in [2.75, 3.05) is 0 Å². The lowest BCUT2D eigenvalue weighted by molar-refractivity contribution is -0.143. The first-order valence-corrected chi connectivity index (χ1v) is 6.59. The summed E-state index contributed by atoms with van der Waals surface area (Å²) in [5.41, 5.74) is 0. The number of esters is 1. The molecule has 0 rings (SSSR count). The van der Waals surface area contributed by atoms with Gasteiger partial charge in [0.15, 0.2) is 0 Å². The fourth-order valence-corrected chi connectivity index (χ4v) is 1.61. The molecule has 100 valence electrons. The van der Waals surface area contributed by atoms with Crippen LogP contribution in [0.3, 0.4) is 0 Å². The van der Waals surface area contributed by atoms with E-state index in [-0.39, 0.29) is 12.4 Å². The number of ether oxygens (including phenoxy) is 1. The molecule has 0 radical (unpaired) electrons. The highest BCUT2D eigenvalue weighted by atomic mass is 35.5. The van der Waals surface area contributed by atoms with Crippen molar-refractivity contribution >= 4 is 35.1 Å². The van der Waals surface area contributed by atoms with Crippen LogP contribution in [0.5, 0.6) is 0 Å². The Kier molecular flexibility index (Phi) is 10.4. The molecule has 0 aliphatic heterocycles. The van der Waals surface area contributed by atoms with Crippen molar-refractivity contribution < 1.29 is 19.4 Å². The van der Waals surface area contributed by atoms with Crippen LogP contribution in [0.15, 0.2) is 0 Å². The van der Waals surface area contributed by atoms with Gasteiger partial charge in [-0.3, -0.25) is 9.59 Å². The fraction of sp³-hybridized carbons (Fsp3) is 0.818. The predicted octanol–water partition coefficient (Wildman–Crippen LogP) is 3.50. The normalized spacial score (nSPS) is 10.5. The standard InChI is InChI=1S/C11H18Cl2O4/c12-11(13)17-10(16)8-6-4-2-1-3-5-7-9(14)15/h11H,1-8H2,(H,14,15). The number of aliphatic carboxylic acids is 1. The third-order valence-corrected chi connectivity index (χ3v) is 2.42. The van der Waals surface area contributed by atoms with E-state index in [2.05, 4.69) is 4.74 Å². The Morgan fingerprint density at radius 3 is 1.88 bits per heavy atom. The highest BCUT2D eigenvalue weighted by Crippen LogP contribution is 2.11. The summed E-state index contributed by atoms with van der Waals surface area (Å²) in [6, 6.07) is 0. The molecule has 0 amide bonds. The number of hydrogen-bond acceptors (Lipinski definition) is 3. The number of halogens is 2. The average molecular weight is 285 g/mol. The van der Waals surface area contributed by atoms with Gasteiger partial charge in [-0.1, -0.05) is 48.9 Å². The van der Waals surface area contributed by atoms with Crippen LogP contribution < -0.4 is 0 Å². The zero-order valence-electron chi connectivity index (χ0n) is 9.66. The highest BCUT2D eigenvalue weighted by Gasteiger charge is 2.07. The van der Waals surface area contributed by atoms with Crippen molar-refractivity contribution in [3.8, 4) is 0 Å². The maximum Gasteiger partial charge on any atom is 0.308 e. The predicted molar refractivity (Wildman–Crippen MR) is 66.2 cm³/mol. The van der Waals surface area contributed by atoms with E-state index >= 15 is 0 Å². The summed E-state index contributed by atoms with van der Waals surface area (Å²) in [4.78, 5) is 21.2. The van der Waals surface area contributed by atoms with Crippen molar-refractivity contribution in [2.24, 2.45) is 0 Å². The first-order valence-electron chi connectivity index (χ1n) is 5.72. The molecule has 0 aromatic heterocycles. The minimum absolute atomic E-state index is 0.235. The van der Waals surface area contributed by atoms with Crippen LogP contribution in [-0.2, 0) is 14.3 Å². The van der Waals surface area contributed by atoms with E-state index in [9.17, 15) is 9.59 Å². The Labute approximate surface area is 111 Å². The minimum Gasteiger partial charge on any atom is -0.481 e. The molecule has 0 aromatic carbocycles. The maximum atomic E-state index is 11.0. The molecule has 0 spiro atoms. The van der Waals surface area contributed by atoms with Crippen molar-refractivity contribution in [3.63, 3.8) is 0 Å². The van der Waals surface area contributed by atoms with E-state index in [0.717, 1.165) is 38.5 Å². The summed E-state index contributed by atoms with van der Waals surface area (Å²) in [5, 5.41) is 7.33. The monoisotopic (exact) mass is 284 g/mol. The number of carbonyl (C=O) groups excluding carboxylic acids is 1. The molecule has 0 aromatic rings. The molecule has 1 N–H and O–H groups in total. The summed E-state index contributed by atoms with van der Waals surface area (Å²) in [7, 11) is 0. The number of carboxylic acid groups (broad SMARTS) is 1. The Balaban J connectivity index is 3.18. The van der Waals surface area contributed by atoms with Gasteiger partial charge in [-0.05, 0) is 12.8 Å². The van der Waals surface area contributed by atoms with Gasteiger partial charge in [0.25, 0.3) is 5.02 Å². The van der Waals surface area contributed by atoms with Crippen molar-refractivity contribution in [2.45, 2.75) is 56.4 Å². The summed E-state index contributed by atoms with van der Waals surface area (Å²) in [6.45, 7) is 0. The largest absolute Gasteiger partial charge is 0.481 e. The molecule has 0 heterocycles. The van der Waals surface area contributed by atoms with Crippen LogP contribution in [0.4, 0.5) is 0 Å². The lowest BCUT2D eigenvalue weighted by Gasteiger charge is -2.04. The number of rotatable bonds is 10. The van der Waals surface area contributed by atoms with Gasteiger partial charge < -0.3 is 9.84 Å². The van der Waals surface area contributed by atoms with Gasteiger partial charge in [0.05, 0.1) is 0 Å². The summed E-state index contributed by atoms with van der Waals surface area (Å²) >= 11 is 10.5. The Hall–Kier alpha value is -0.480. The zero-order valence-corrected chi connectivity index (χ0v) is 11.2. The fourth-order valence-electron chi connectivity index (χ4n) is 1.41. The summed E-state index contributed by atoms with van der Waals surface area (Å²) < 4.78 is 4.55. The zero-order chi connectivity index (χ0) is 13.1. The lowest BCUT2D eigenvalue weighted by atomic mass is 10.1. The topological polar surface area (TPSA) is 63.6 Å². The second-order valence-corrected chi connectivity index (χ2v) is 4.78. The summed E-state index contributed by atoms with van der Waals surface area (Å²) in [5.74, 6) is -1.13. The Morgan fingerprint density at radius 1 is 0.941 bits per heavy atom. The first-order chi connectivity index (χ1) is 8.02. The van der Waals surface area contributed by atoms with Crippen LogP contribution in [0.2, 0.25) is 0 Å². The minimum atomic E-state index is -1.08. The molecule has 0 unspecified atom stereocenters. The molecule has 4 nitrogen and oxygen atoms in total. The molecule has 17 heavy (non-hydrogen) atoms. The van der Waals surface area contributed by atoms with Crippen molar-refractivity contribution in [3.05, 3.63) is 0 Å². The number of hydrogen-bond donors (Lipinski definition) is 1. The van der Waals surface area contributed by atoms with E-state index in [1.807, 2.05) is 0 Å². The Morgan fingerprint density at radius 2 is 1.41 bits per heavy atom. The number of unbranched alkanes of at least 4 members (excludes halogenated alkanes) is 5.